The third kappa shape index (κ3) is 2.90. The lowest BCUT2D eigenvalue weighted by Crippen LogP contribution is -2.08. The van der Waals surface area contributed by atoms with Gasteiger partial charge in [0.15, 0.2) is 0 Å². The van der Waals surface area contributed by atoms with Crippen molar-refractivity contribution >= 4 is 26.9 Å². The minimum Gasteiger partial charge on any atom is -0.458 e. The maximum absolute atomic E-state index is 6.14. The molecule has 0 bridgehead atoms. The van der Waals surface area contributed by atoms with Crippen LogP contribution in [0.2, 0.25) is 0 Å². The Morgan fingerprint density at radius 1 is 1.35 bits per heavy atom. The topological polar surface area (TPSA) is 39.2 Å². The molecule has 1 unspecified atom stereocenters. The highest BCUT2D eigenvalue weighted by atomic mass is 79.9. The number of rotatable bonds is 5. The molecule has 92 valence electrons. The van der Waals surface area contributed by atoms with Crippen molar-refractivity contribution < 1.29 is 4.42 Å². The molecule has 0 saturated carbocycles. The summed E-state index contributed by atoms with van der Waals surface area (Å²) in [6.45, 7) is 2.20. The number of unbranched alkanes of at least 4 members (excludes halogenated alkanes) is 2. The highest BCUT2D eigenvalue weighted by Crippen LogP contribution is 2.30. The number of furan rings is 1. The van der Waals surface area contributed by atoms with Gasteiger partial charge in [-0.25, -0.2) is 0 Å². The average Bonchev–Trinajstić information content (AvgIpc) is 2.75. The van der Waals surface area contributed by atoms with Crippen molar-refractivity contribution in [2.75, 3.05) is 0 Å². The Bertz CT molecular complexity index is 492. The van der Waals surface area contributed by atoms with E-state index in [1.54, 1.807) is 0 Å². The van der Waals surface area contributed by atoms with Gasteiger partial charge < -0.3 is 10.2 Å². The van der Waals surface area contributed by atoms with Gasteiger partial charge in [0.1, 0.15) is 11.3 Å². The minimum atomic E-state index is 0.0147. The van der Waals surface area contributed by atoms with Crippen LogP contribution in [0, 0.1) is 0 Å². The number of hydrogen-bond donors (Lipinski definition) is 1. The summed E-state index contributed by atoms with van der Waals surface area (Å²) in [5.74, 6) is 0.892. The first-order chi connectivity index (χ1) is 8.22. The Morgan fingerprint density at radius 3 is 2.88 bits per heavy atom. The zero-order chi connectivity index (χ0) is 12.3. The maximum Gasteiger partial charge on any atom is 0.148 e. The molecule has 1 aromatic heterocycles. The summed E-state index contributed by atoms with van der Waals surface area (Å²) in [4.78, 5) is 0. The van der Waals surface area contributed by atoms with Crippen LogP contribution in [0.1, 0.15) is 44.4 Å². The predicted octanol–water partition coefficient (Wildman–Crippen LogP) is 4.78. The Hall–Kier alpha value is -0.800. The Morgan fingerprint density at radius 2 is 2.18 bits per heavy atom. The van der Waals surface area contributed by atoms with Crippen molar-refractivity contribution in [1.82, 2.24) is 0 Å². The van der Waals surface area contributed by atoms with Crippen LogP contribution < -0.4 is 5.73 Å². The number of hydrogen-bond acceptors (Lipinski definition) is 2. The molecule has 0 saturated heterocycles. The highest BCUT2D eigenvalue weighted by Gasteiger charge is 2.12. The Balaban J connectivity index is 2.16. The molecule has 0 fully saturated rings. The van der Waals surface area contributed by atoms with Gasteiger partial charge in [0.05, 0.1) is 10.5 Å². The van der Waals surface area contributed by atoms with Crippen LogP contribution in [-0.2, 0) is 0 Å². The second kappa shape index (κ2) is 5.69. The smallest absolute Gasteiger partial charge is 0.148 e. The molecule has 1 heterocycles. The Kier molecular flexibility index (Phi) is 4.24. The zero-order valence-electron chi connectivity index (χ0n) is 10.1. The van der Waals surface area contributed by atoms with Gasteiger partial charge in [-0.3, -0.25) is 0 Å². The summed E-state index contributed by atoms with van der Waals surface area (Å²) in [7, 11) is 0. The van der Waals surface area contributed by atoms with Crippen LogP contribution in [0.3, 0.4) is 0 Å². The normalized spacial score (nSPS) is 13.1. The van der Waals surface area contributed by atoms with Gasteiger partial charge in [0, 0.05) is 5.39 Å². The quantitative estimate of drug-likeness (QED) is 0.807. The van der Waals surface area contributed by atoms with E-state index in [-0.39, 0.29) is 6.04 Å². The molecule has 0 aliphatic rings. The fraction of sp³-hybridized carbons (Fsp3) is 0.429. The SMILES string of the molecule is CCCCCC(N)c1cc2cccc(Br)c2o1. The standard InChI is InChI=1S/C14H18BrNO/c1-2-3-4-8-12(16)13-9-10-6-5-7-11(15)14(10)17-13/h5-7,9,12H,2-4,8,16H2,1H3. The monoisotopic (exact) mass is 295 g/mol. The van der Waals surface area contributed by atoms with Crippen LogP contribution in [0.15, 0.2) is 33.2 Å². The number of halogens is 1. The average molecular weight is 296 g/mol. The van der Waals surface area contributed by atoms with Crippen LogP contribution in [0.4, 0.5) is 0 Å². The molecular formula is C14H18BrNO. The summed E-state index contributed by atoms with van der Waals surface area (Å²) in [5.41, 5.74) is 7.04. The fourth-order valence-electron chi connectivity index (χ4n) is 1.99. The maximum atomic E-state index is 6.14. The van der Waals surface area contributed by atoms with Crippen molar-refractivity contribution in [3.63, 3.8) is 0 Å². The molecule has 2 N–H and O–H groups in total. The van der Waals surface area contributed by atoms with Crippen LogP contribution >= 0.6 is 15.9 Å². The van der Waals surface area contributed by atoms with E-state index in [1.807, 2.05) is 18.2 Å². The van der Waals surface area contributed by atoms with E-state index in [0.717, 1.165) is 34.0 Å². The molecule has 17 heavy (non-hydrogen) atoms. The number of fused-ring (bicyclic) bond motifs is 1. The van der Waals surface area contributed by atoms with Crippen molar-refractivity contribution in [3.05, 3.63) is 34.5 Å². The van der Waals surface area contributed by atoms with E-state index in [0.29, 0.717) is 0 Å². The lowest BCUT2D eigenvalue weighted by Gasteiger charge is -2.07. The lowest BCUT2D eigenvalue weighted by atomic mass is 10.1. The molecule has 0 aliphatic carbocycles. The minimum absolute atomic E-state index is 0.0147. The van der Waals surface area contributed by atoms with E-state index in [9.17, 15) is 0 Å². The van der Waals surface area contributed by atoms with Crippen LogP contribution in [-0.4, -0.2) is 0 Å². The molecule has 0 aliphatic heterocycles. The summed E-state index contributed by atoms with van der Waals surface area (Å²) >= 11 is 3.49. The summed E-state index contributed by atoms with van der Waals surface area (Å²) in [5, 5.41) is 1.11. The molecule has 2 nitrogen and oxygen atoms in total. The van der Waals surface area contributed by atoms with Gasteiger partial charge in [-0.1, -0.05) is 38.3 Å². The summed E-state index contributed by atoms with van der Waals surface area (Å²) in [6.07, 6.45) is 4.61. The summed E-state index contributed by atoms with van der Waals surface area (Å²) < 4.78 is 6.81. The molecule has 0 spiro atoms. The van der Waals surface area contributed by atoms with E-state index in [1.165, 1.54) is 12.8 Å². The fourth-order valence-corrected chi connectivity index (χ4v) is 2.45. The van der Waals surface area contributed by atoms with Crippen LogP contribution in [0.25, 0.3) is 11.0 Å². The van der Waals surface area contributed by atoms with Gasteiger partial charge >= 0.3 is 0 Å². The Labute approximate surface area is 110 Å². The molecule has 1 aromatic carbocycles. The highest BCUT2D eigenvalue weighted by molar-refractivity contribution is 9.10. The van der Waals surface area contributed by atoms with E-state index in [4.69, 9.17) is 10.2 Å². The van der Waals surface area contributed by atoms with Crippen LogP contribution in [0.5, 0.6) is 0 Å². The first-order valence-electron chi connectivity index (χ1n) is 6.16. The van der Waals surface area contributed by atoms with Gasteiger partial charge in [-0.15, -0.1) is 0 Å². The molecule has 0 radical (unpaired) electrons. The lowest BCUT2D eigenvalue weighted by molar-refractivity contribution is 0.463. The number of benzene rings is 1. The van der Waals surface area contributed by atoms with E-state index in [2.05, 4.69) is 28.9 Å². The number of nitrogens with two attached hydrogens (primary N) is 1. The first kappa shape index (κ1) is 12.7. The molecular weight excluding hydrogens is 278 g/mol. The molecule has 2 aromatic rings. The number of para-hydroxylation sites is 1. The first-order valence-corrected chi connectivity index (χ1v) is 6.95. The zero-order valence-corrected chi connectivity index (χ0v) is 11.7. The third-order valence-corrected chi connectivity index (χ3v) is 3.62. The van der Waals surface area contributed by atoms with Crippen molar-refractivity contribution in [2.45, 2.75) is 38.6 Å². The van der Waals surface area contributed by atoms with Crippen molar-refractivity contribution in [1.29, 1.82) is 0 Å². The molecule has 1 atom stereocenters. The van der Waals surface area contributed by atoms with Gasteiger partial charge in [-0.2, -0.15) is 0 Å². The van der Waals surface area contributed by atoms with Crippen molar-refractivity contribution in [2.24, 2.45) is 5.73 Å². The van der Waals surface area contributed by atoms with Crippen molar-refractivity contribution in [3.8, 4) is 0 Å². The second-order valence-corrected chi connectivity index (χ2v) is 5.26. The van der Waals surface area contributed by atoms with E-state index < -0.39 is 0 Å². The molecule has 2 rings (SSSR count). The van der Waals surface area contributed by atoms with Gasteiger partial charge in [0.2, 0.25) is 0 Å². The largest absolute Gasteiger partial charge is 0.458 e. The van der Waals surface area contributed by atoms with Gasteiger partial charge in [-0.05, 0) is 34.5 Å². The molecule has 0 amide bonds. The predicted molar refractivity (Wildman–Crippen MR) is 75.0 cm³/mol. The second-order valence-electron chi connectivity index (χ2n) is 4.41. The van der Waals surface area contributed by atoms with E-state index >= 15 is 0 Å². The molecule has 3 heteroatoms. The summed E-state index contributed by atoms with van der Waals surface area (Å²) in [6, 6.07) is 8.11. The third-order valence-electron chi connectivity index (χ3n) is 3.00. The van der Waals surface area contributed by atoms with Gasteiger partial charge in [0.25, 0.3) is 0 Å².